The summed E-state index contributed by atoms with van der Waals surface area (Å²) in [5.41, 5.74) is 5.13. The summed E-state index contributed by atoms with van der Waals surface area (Å²) >= 11 is 0. The molecular formula is C33H62O4S. The van der Waals surface area contributed by atoms with E-state index < -0.39 is 10.4 Å². The molecule has 0 heterocycles. The Balaban J connectivity index is 0.00000249. The van der Waals surface area contributed by atoms with Gasteiger partial charge >= 0.3 is 10.4 Å². The number of hydrogen-bond donors (Lipinski definition) is 2. The van der Waals surface area contributed by atoms with E-state index in [1.165, 1.54) is 154 Å². The molecule has 224 valence electrons. The topological polar surface area (TPSA) is 74.6 Å². The van der Waals surface area contributed by atoms with E-state index in [1.54, 1.807) is 16.7 Å². The minimum Gasteiger partial charge on any atom is -0.264 e. The standard InChI is InChI=1S/C33H60.H2O4S/c1-4-7-10-13-16-19-22-26-31-28-25-29-32(27-23-20-17-14-11-8-5-2)33(31)30-24-21-18-15-12-9-6-3;1-5(2,3)4/h25,28-29H,4-24,26-27,30H2,1-3H3;(H2,1,2,3,4). The van der Waals surface area contributed by atoms with Crippen LogP contribution in [0.4, 0.5) is 0 Å². The van der Waals surface area contributed by atoms with Crippen molar-refractivity contribution in [2.24, 2.45) is 0 Å². The van der Waals surface area contributed by atoms with Crippen molar-refractivity contribution in [2.75, 3.05) is 0 Å². The second kappa shape index (κ2) is 26.3. The minimum absolute atomic E-state index is 1.31. The zero-order valence-electron chi connectivity index (χ0n) is 25.3. The molecule has 1 aromatic carbocycles. The van der Waals surface area contributed by atoms with Gasteiger partial charge in [0.1, 0.15) is 0 Å². The van der Waals surface area contributed by atoms with Crippen molar-refractivity contribution in [1.29, 1.82) is 0 Å². The lowest BCUT2D eigenvalue weighted by Gasteiger charge is -2.16. The van der Waals surface area contributed by atoms with Crippen LogP contribution in [0.2, 0.25) is 0 Å². The van der Waals surface area contributed by atoms with Gasteiger partial charge in [0.2, 0.25) is 0 Å². The summed E-state index contributed by atoms with van der Waals surface area (Å²) in [5.74, 6) is 0. The third-order valence-corrected chi connectivity index (χ3v) is 7.50. The third-order valence-electron chi connectivity index (χ3n) is 7.50. The average molecular weight is 555 g/mol. The molecule has 0 bridgehead atoms. The van der Waals surface area contributed by atoms with Crippen molar-refractivity contribution < 1.29 is 17.5 Å². The monoisotopic (exact) mass is 554 g/mol. The Kier molecular flexibility index (Phi) is 25.7. The quantitative estimate of drug-likeness (QED) is 0.0984. The molecule has 0 saturated heterocycles. The van der Waals surface area contributed by atoms with Gasteiger partial charge in [0, 0.05) is 0 Å². The Morgan fingerprint density at radius 3 is 1.05 bits per heavy atom. The van der Waals surface area contributed by atoms with E-state index in [0.717, 1.165) is 0 Å². The molecule has 0 fully saturated rings. The van der Waals surface area contributed by atoms with Crippen molar-refractivity contribution in [3.63, 3.8) is 0 Å². The molecule has 38 heavy (non-hydrogen) atoms. The lowest BCUT2D eigenvalue weighted by molar-refractivity contribution is 0.381. The van der Waals surface area contributed by atoms with E-state index in [1.807, 2.05) is 0 Å². The predicted molar refractivity (Wildman–Crippen MR) is 166 cm³/mol. The van der Waals surface area contributed by atoms with Gasteiger partial charge in [0.25, 0.3) is 0 Å². The van der Waals surface area contributed by atoms with Gasteiger partial charge in [-0.3, -0.25) is 9.11 Å². The summed E-state index contributed by atoms with van der Waals surface area (Å²) in [4.78, 5) is 0. The normalized spacial score (nSPS) is 11.4. The average Bonchev–Trinajstić information content (AvgIpc) is 2.87. The van der Waals surface area contributed by atoms with Crippen LogP contribution in [0.3, 0.4) is 0 Å². The molecule has 0 atom stereocenters. The summed E-state index contributed by atoms with van der Waals surface area (Å²) in [6.45, 7) is 6.94. The van der Waals surface area contributed by atoms with Crippen LogP contribution < -0.4 is 0 Å². The van der Waals surface area contributed by atoms with Gasteiger partial charge in [0.15, 0.2) is 0 Å². The summed E-state index contributed by atoms with van der Waals surface area (Å²) < 4.78 is 31.6. The van der Waals surface area contributed by atoms with Crippen LogP contribution in [0.25, 0.3) is 0 Å². The second-order valence-corrected chi connectivity index (χ2v) is 12.0. The van der Waals surface area contributed by atoms with Crippen molar-refractivity contribution in [3.05, 3.63) is 34.9 Å². The first kappa shape index (κ1) is 37.1. The number of aryl methyl sites for hydroxylation is 2. The maximum Gasteiger partial charge on any atom is 0.394 e. The second-order valence-electron chi connectivity index (χ2n) is 11.1. The van der Waals surface area contributed by atoms with Crippen LogP contribution in [0, 0.1) is 0 Å². The SMILES string of the molecule is CCCCCCCCCc1cccc(CCCCCCCCC)c1CCCCCCCCC.O=S(=O)(O)O. The smallest absolute Gasteiger partial charge is 0.264 e. The van der Waals surface area contributed by atoms with Gasteiger partial charge < -0.3 is 0 Å². The summed E-state index contributed by atoms with van der Waals surface area (Å²) in [5, 5.41) is 0. The molecule has 4 nitrogen and oxygen atoms in total. The van der Waals surface area contributed by atoms with Crippen LogP contribution in [0.1, 0.15) is 172 Å². The van der Waals surface area contributed by atoms with Gasteiger partial charge in [-0.05, 0) is 55.2 Å². The molecule has 1 rings (SSSR count). The number of unbranched alkanes of at least 4 members (excludes halogenated alkanes) is 18. The third kappa shape index (κ3) is 25.4. The lowest BCUT2D eigenvalue weighted by atomic mass is 9.90. The fraction of sp³-hybridized carbons (Fsp3) is 0.818. The molecule has 0 radical (unpaired) electrons. The number of rotatable bonds is 24. The summed E-state index contributed by atoms with van der Waals surface area (Å²) in [6.07, 6.45) is 33.6. The molecule has 0 unspecified atom stereocenters. The van der Waals surface area contributed by atoms with Crippen LogP contribution in [-0.2, 0) is 29.7 Å². The van der Waals surface area contributed by atoms with Gasteiger partial charge in [-0.1, -0.05) is 155 Å². The zero-order valence-corrected chi connectivity index (χ0v) is 26.1. The maximum atomic E-state index is 8.74. The van der Waals surface area contributed by atoms with E-state index in [4.69, 9.17) is 17.5 Å². The molecule has 0 aliphatic heterocycles. The summed E-state index contributed by atoms with van der Waals surface area (Å²) in [6, 6.07) is 7.28. The van der Waals surface area contributed by atoms with E-state index in [0.29, 0.717) is 0 Å². The Hall–Kier alpha value is -0.910. The Labute approximate surface area is 237 Å². The highest BCUT2D eigenvalue weighted by molar-refractivity contribution is 7.79. The van der Waals surface area contributed by atoms with Crippen LogP contribution in [0.15, 0.2) is 18.2 Å². The van der Waals surface area contributed by atoms with E-state index in [9.17, 15) is 0 Å². The maximum absolute atomic E-state index is 8.74. The first-order valence-electron chi connectivity index (χ1n) is 16.1. The summed E-state index contributed by atoms with van der Waals surface area (Å²) in [7, 11) is -4.67. The molecular weight excluding hydrogens is 492 g/mol. The van der Waals surface area contributed by atoms with Crippen molar-refractivity contribution in [1.82, 2.24) is 0 Å². The molecule has 5 heteroatoms. The van der Waals surface area contributed by atoms with Crippen LogP contribution in [-0.4, -0.2) is 17.5 Å². The molecule has 0 saturated carbocycles. The first-order valence-corrected chi connectivity index (χ1v) is 17.5. The largest absolute Gasteiger partial charge is 0.394 e. The predicted octanol–water partition coefficient (Wildman–Crippen LogP) is 10.9. The number of benzene rings is 1. The van der Waals surface area contributed by atoms with Crippen LogP contribution in [0.5, 0.6) is 0 Å². The van der Waals surface area contributed by atoms with Gasteiger partial charge in [0.05, 0.1) is 0 Å². The van der Waals surface area contributed by atoms with Crippen molar-refractivity contribution in [2.45, 2.75) is 175 Å². The fourth-order valence-electron chi connectivity index (χ4n) is 5.28. The zero-order chi connectivity index (χ0) is 28.3. The lowest BCUT2D eigenvalue weighted by Crippen LogP contribution is -2.02. The van der Waals surface area contributed by atoms with Crippen molar-refractivity contribution >= 4 is 10.4 Å². The Morgan fingerprint density at radius 2 is 0.737 bits per heavy atom. The van der Waals surface area contributed by atoms with E-state index in [2.05, 4.69) is 39.0 Å². The van der Waals surface area contributed by atoms with Gasteiger partial charge in [-0.2, -0.15) is 8.42 Å². The van der Waals surface area contributed by atoms with Gasteiger partial charge in [-0.15, -0.1) is 0 Å². The highest BCUT2D eigenvalue weighted by Crippen LogP contribution is 2.23. The molecule has 0 aromatic heterocycles. The molecule has 1 aromatic rings. The number of hydrogen-bond acceptors (Lipinski definition) is 2. The highest BCUT2D eigenvalue weighted by atomic mass is 32.3. The highest BCUT2D eigenvalue weighted by Gasteiger charge is 2.09. The van der Waals surface area contributed by atoms with Gasteiger partial charge in [-0.25, -0.2) is 0 Å². The van der Waals surface area contributed by atoms with Crippen molar-refractivity contribution in [3.8, 4) is 0 Å². The van der Waals surface area contributed by atoms with E-state index >= 15 is 0 Å². The van der Waals surface area contributed by atoms with Crippen LogP contribution >= 0.6 is 0 Å². The Bertz CT molecular complexity index is 701. The molecule has 0 aliphatic carbocycles. The minimum atomic E-state index is -4.67. The van der Waals surface area contributed by atoms with E-state index in [-0.39, 0.29) is 0 Å². The molecule has 0 amide bonds. The molecule has 0 spiro atoms. The Morgan fingerprint density at radius 1 is 0.474 bits per heavy atom. The first-order chi connectivity index (χ1) is 18.3. The molecule has 2 N–H and O–H groups in total. The fourth-order valence-corrected chi connectivity index (χ4v) is 5.28. The molecule has 0 aliphatic rings.